The van der Waals surface area contributed by atoms with Crippen LogP contribution in [-0.2, 0) is 6.54 Å². The number of rotatable bonds is 5. The highest BCUT2D eigenvalue weighted by molar-refractivity contribution is 9.10. The lowest BCUT2D eigenvalue weighted by Crippen LogP contribution is -2.38. The summed E-state index contributed by atoms with van der Waals surface area (Å²) >= 11 is 20.8. The Morgan fingerprint density at radius 3 is 2.47 bits per heavy atom. The zero-order chi connectivity index (χ0) is 22.7. The highest BCUT2D eigenvalue weighted by atomic mass is 79.9. The van der Waals surface area contributed by atoms with Crippen LogP contribution in [0.4, 0.5) is 0 Å². The molecule has 0 bridgehead atoms. The van der Waals surface area contributed by atoms with E-state index in [1.165, 1.54) is 0 Å². The molecule has 5 nitrogen and oxygen atoms in total. The van der Waals surface area contributed by atoms with Crippen molar-refractivity contribution in [3.05, 3.63) is 92.8 Å². The molecule has 162 valence electrons. The molecule has 0 radical (unpaired) electrons. The lowest BCUT2D eigenvalue weighted by molar-refractivity contribution is 0.0950. The van der Waals surface area contributed by atoms with Crippen LogP contribution < -0.4 is 10.6 Å². The minimum absolute atomic E-state index is 0.0933. The summed E-state index contributed by atoms with van der Waals surface area (Å²) in [6.45, 7) is 0.317. The number of hydrogen-bond acceptors (Lipinski definition) is 4. The number of amides is 1. The van der Waals surface area contributed by atoms with Gasteiger partial charge < -0.3 is 14.2 Å². The van der Waals surface area contributed by atoms with Gasteiger partial charge >= 0.3 is 0 Å². The van der Waals surface area contributed by atoms with Gasteiger partial charge in [0.05, 0.1) is 11.6 Å². The van der Waals surface area contributed by atoms with Crippen molar-refractivity contribution in [2.45, 2.75) is 6.54 Å². The van der Waals surface area contributed by atoms with Gasteiger partial charge in [-0.3, -0.25) is 10.1 Å². The third-order valence-electron chi connectivity index (χ3n) is 4.46. The van der Waals surface area contributed by atoms with Crippen LogP contribution in [0.5, 0.6) is 0 Å². The lowest BCUT2D eigenvalue weighted by Gasteiger charge is -2.07. The van der Waals surface area contributed by atoms with Crippen molar-refractivity contribution in [2.24, 2.45) is 0 Å². The Morgan fingerprint density at radius 1 is 0.938 bits per heavy atom. The smallest absolute Gasteiger partial charge is 0.293 e. The van der Waals surface area contributed by atoms with Crippen LogP contribution in [0.1, 0.15) is 16.3 Å². The summed E-state index contributed by atoms with van der Waals surface area (Å²) in [5.41, 5.74) is 1.56. The molecule has 0 atom stereocenters. The average Bonchev–Trinajstić information content (AvgIpc) is 3.44. The summed E-state index contributed by atoms with van der Waals surface area (Å²) in [5, 5.41) is 6.66. The molecule has 2 aromatic heterocycles. The molecule has 0 fully saturated rings. The van der Waals surface area contributed by atoms with E-state index in [1.54, 1.807) is 30.3 Å². The number of halogens is 3. The first-order valence-electron chi connectivity index (χ1n) is 9.38. The zero-order valence-electron chi connectivity index (χ0n) is 16.3. The fourth-order valence-corrected chi connectivity index (χ4v) is 3.72. The van der Waals surface area contributed by atoms with Gasteiger partial charge in [0.25, 0.3) is 5.91 Å². The van der Waals surface area contributed by atoms with E-state index in [0.29, 0.717) is 33.7 Å². The Labute approximate surface area is 207 Å². The maximum atomic E-state index is 12.5. The van der Waals surface area contributed by atoms with E-state index in [2.05, 4.69) is 26.6 Å². The lowest BCUT2D eigenvalue weighted by atomic mass is 10.2. The van der Waals surface area contributed by atoms with Crippen molar-refractivity contribution < 1.29 is 13.6 Å². The summed E-state index contributed by atoms with van der Waals surface area (Å²) in [5.74, 6) is 1.46. The van der Waals surface area contributed by atoms with Crippen LogP contribution in [-0.4, -0.2) is 11.0 Å². The van der Waals surface area contributed by atoms with E-state index in [0.717, 1.165) is 15.8 Å². The fourth-order valence-electron chi connectivity index (χ4n) is 2.91. The van der Waals surface area contributed by atoms with Gasteiger partial charge in [-0.1, -0.05) is 51.3 Å². The quantitative estimate of drug-likeness (QED) is 0.260. The highest BCUT2D eigenvalue weighted by Gasteiger charge is 2.16. The van der Waals surface area contributed by atoms with Crippen LogP contribution >= 0.6 is 51.3 Å². The largest absolute Gasteiger partial charge is 0.459 e. The van der Waals surface area contributed by atoms with Crippen molar-refractivity contribution in [3.8, 4) is 22.6 Å². The first-order chi connectivity index (χ1) is 15.4. The van der Waals surface area contributed by atoms with Gasteiger partial charge in [0.1, 0.15) is 17.3 Å². The number of carbonyl (C=O) groups is 1. The van der Waals surface area contributed by atoms with Gasteiger partial charge in [-0.15, -0.1) is 0 Å². The first-order valence-corrected chi connectivity index (χ1v) is 11.3. The fraction of sp³-hybridized carbons (Fsp3) is 0.0435. The number of hydrogen-bond donors (Lipinski definition) is 2. The second kappa shape index (κ2) is 9.92. The minimum atomic E-state index is -0.484. The molecule has 0 saturated heterocycles. The SMILES string of the molecule is O=C(NC(=S)NCc1ccc(-c2ccc(Br)cc2)o1)c1ccc(-c2cc(Cl)ccc2Cl)o1. The molecule has 0 aliphatic heterocycles. The van der Waals surface area contributed by atoms with Crippen molar-refractivity contribution in [1.82, 2.24) is 10.6 Å². The van der Waals surface area contributed by atoms with Crippen molar-refractivity contribution in [3.63, 3.8) is 0 Å². The molecule has 2 N–H and O–H groups in total. The van der Waals surface area contributed by atoms with E-state index in [-0.39, 0.29) is 10.9 Å². The molecule has 0 aliphatic carbocycles. The summed E-state index contributed by atoms with van der Waals surface area (Å²) in [6, 6.07) is 19.7. The number of benzene rings is 2. The standard InChI is InChI=1S/C23H15BrCl2N2O3S/c24-14-3-1-13(2-4-14)19-8-6-16(30-19)12-27-23(32)28-22(29)21-10-9-20(31-21)17-11-15(25)5-7-18(17)26/h1-11H,12H2,(H2,27,28,29,32). The van der Waals surface area contributed by atoms with Crippen LogP contribution in [0.3, 0.4) is 0 Å². The van der Waals surface area contributed by atoms with Crippen LogP contribution in [0.15, 0.2) is 80.0 Å². The van der Waals surface area contributed by atoms with Gasteiger partial charge in [-0.2, -0.15) is 0 Å². The Bertz CT molecular complexity index is 1280. The molecule has 9 heteroatoms. The van der Waals surface area contributed by atoms with E-state index in [9.17, 15) is 4.79 Å². The maximum Gasteiger partial charge on any atom is 0.293 e. The van der Waals surface area contributed by atoms with E-state index < -0.39 is 5.91 Å². The van der Waals surface area contributed by atoms with Gasteiger partial charge in [0.2, 0.25) is 0 Å². The summed E-state index contributed by atoms with van der Waals surface area (Å²) < 4.78 is 12.5. The second-order valence-corrected chi connectivity index (χ2v) is 8.87. The number of furan rings is 2. The van der Waals surface area contributed by atoms with Gasteiger partial charge in [-0.25, -0.2) is 0 Å². The number of thiocarbonyl (C=S) groups is 1. The molecule has 0 unspecified atom stereocenters. The Kier molecular flexibility index (Phi) is 7.01. The summed E-state index contributed by atoms with van der Waals surface area (Å²) in [7, 11) is 0. The maximum absolute atomic E-state index is 12.5. The first kappa shape index (κ1) is 22.6. The highest BCUT2D eigenvalue weighted by Crippen LogP contribution is 2.31. The van der Waals surface area contributed by atoms with Gasteiger partial charge in [0.15, 0.2) is 10.9 Å². The third kappa shape index (κ3) is 5.42. The predicted octanol–water partition coefficient (Wildman–Crippen LogP) is 7.08. The molecule has 4 aromatic rings. The Hall–Kier alpha value is -2.58. The zero-order valence-corrected chi connectivity index (χ0v) is 20.2. The van der Waals surface area contributed by atoms with Crippen LogP contribution in [0, 0.1) is 0 Å². The Morgan fingerprint density at radius 2 is 1.69 bits per heavy atom. The predicted molar refractivity (Wildman–Crippen MR) is 133 cm³/mol. The molecule has 1 amide bonds. The second-order valence-electron chi connectivity index (χ2n) is 6.70. The number of nitrogens with one attached hydrogen (secondary N) is 2. The molecule has 32 heavy (non-hydrogen) atoms. The molecule has 0 spiro atoms. The van der Waals surface area contributed by atoms with Crippen LogP contribution in [0.2, 0.25) is 10.0 Å². The van der Waals surface area contributed by atoms with Crippen molar-refractivity contribution >= 4 is 62.4 Å². The topological polar surface area (TPSA) is 67.4 Å². The normalized spacial score (nSPS) is 10.7. The molecular formula is C23H15BrCl2N2O3S. The minimum Gasteiger partial charge on any atom is -0.459 e. The van der Waals surface area contributed by atoms with E-state index in [1.807, 2.05) is 36.4 Å². The monoisotopic (exact) mass is 548 g/mol. The molecule has 2 heterocycles. The molecule has 4 rings (SSSR count). The van der Waals surface area contributed by atoms with Gasteiger partial charge in [0, 0.05) is 20.6 Å². The summed E-state index contributed by atoms with van der Waals surface area (Å²) in [4.78, 5) is 12.5. The number of carbonyl (C=O) groups excluding carboxylic acids is 1. The van der Waals surface area contributed by atoms with Crippen molar-refractivity contribution in [1.29, 1.82) is 0 Å². The third-order valence-corrected chi connectivity index (χ3v) is 5.80. The Balaban J connectivity index is 1.34. The van der Waals surface area contributed by atoms with Crippen molar-refractivity contribution in [2.75, 3.05) is 0 Å². The van der Waals surface area contributed by atoms with E-state index >= 15 is 0 Å². The van der Waals surface area contributed by atoms with E-state index in [4.69, 9.17) is 44.3 Å². The molecule has 2 aromatic carbocycles. The molecule has 0 aliphatic rings. The van der Waals surface area contributed by atoms with Crippen LogP contribution in [0.25, 0.3) is 22.6 Å². The van der Waals surface area contributed by atoms with Gasteiger partial charge in [-0.05, 0) is 66.8 Å². The summed E-state index contributed by atoms with van der Waals surface area (Å²) in [6.07, 6.45) is 0. The molecular weight excluding hydrogens is 535 g/mol. The molecule has 0 saturated carbocycles. The average molecular weight is 550 g/mol.